The summed E-state index contributed by atoms with van der Waals surface area (Å²) < 4.78 is 58.6. The van der Waals surface area contributed by atoms with Crippen LogP contribution in [-0.2, 0) is 22.3 Å². The number of halogens is 4. The third-order valence-corrected chi connectivity index (χ3v) is 6.44. The van der Waals surface area contributed by atoms with Crippen molar-refractivity contribution in [3.05, 3.63) is 89.5 Å². The molecule has 1 saturated heterocycles. The highest BCUT2D eigenvalue weighted by Crippen LogP contribution is 2.36. The highest BCUT2D eigenvalue weighted by molar-refractivity contribution is 6.01. The van der Waals surface area contributed by atoms with Crippen LogP contribution in [0.2, 0.25) is 0 Å². The van der Waals surface area contributed by atoms with Gasteiger partial charge in [-0.1, -0.05) is 12.1 Å². The Bertz CT molecular complexity index is 1510. The van der Waals surface area contributed by atoms with Gasteiger partial charge in [-0.15, -0.1) is 0 Å². The second-order valence-corrected chi connectivity index (χ2v) is 9.17. The molecule has 1 atom stereocenters. The molecule has 3 heterocycles. The number of hydrogen-bond acceptors (Lipinski definition) is 5. The summed E-state index contributed by atoms with van der Waals surface area (Å²) in [5.74, 6) is -1.87. The van der Waals surface area contributed by atoms with Crippen molar-refractivity contribution in [2.75, 3.05) is 18.5 Å². The minimum Gasteiger partial charge on any atom is -0.378 e. The molecular weight excluding hydrogens is 518 g/mol. The van der Waals surface area contributed by atoms with E-state index in [9.17, 15) is 27.2 Å². The van der Waals surface area contributed by atoms with Crippen LogP contribution in [0.4, 0.5) is 28.9 Å². The van der Waals surface area contributed by atoms with E-state index in [4.69, 9.17) is 4.74 Å². The first-order valence-electron chi connectivity index (χ1n) is 12.0. The van der Waals surface area contributed by atoms with Crippen LogP contribution in [0, 0.1) is 5.82 Å². The molecule has 4 aromatic rings. The third-order valence-electron chi connectivity index (χ3n) is 6.44. The first-order chi connectivity index (χ1) is 18.6. The number of H-pyrrole nitrogens is 1. The maximum absolute atomic E-state index is 13.4. The SMILES string of the molecule is O=C(NC1(C(=O)NCc2ccc(Nc3ccc(F)cc3C(F)(F)F)cc2)CCOC1)c1cnc2[nH]ccc2c1. The van der Waals surface area contributed by atoms with Crippen molar-refractivity contribution in [2.45, 2.75) is 24.7 Å². The smallest absolute Gasteiger partial charge is 0.378 e. The molecule has 0 radical (unpaired) electrons. The topological polar surface area (TPSA) is 108 Å². The van der Waals surface area contributed by atoms with Crippen molar-refractivity contribution < 1.29 is 31.9 Å². The standard InChI is InChI=1S/C27H23F4N5O3/c28-19-3-6-22(21(12-19)27(29,30)31)35-20-4-1-16(2-5-20)13-34-25(38)26(8-10-39-15-26)36-24(37)18-11-17-7-9-32-23(17)33-14-18/h1-7,9,11-12,14,35H,8,10,13,15H2,(H,32,33)(H,34,38)(H,36,37). The summed E-state index contributed by atoms with van der Waals surface area (Å²) in [5, 5.41) is 9.02. The lowest BCUT2D eigenvalue weighted by Crippen LogP contribution is -2.59. The largest absolute Gasteiger partial charge is 0.418 e. The first kappa shape index (κ1) is 26.2. The van der Waals surface area contributed by atoms with E-state index in [-0.39, 0.29) is 25.3 Å². The molecule has 0 spiro atoms. The number of carbonyl (C=O) groups is 2. The predicted octanol–water partition coefficient (Wildman–Crippen LogP) is 4.67. The van der Waals surface area contributed by atoms with Crippen molar-refractivity contribution in [1.29, 1.82) is 0 Å². The molecule has 39 heavy (non-hydrogen) atoms. The van der Waals surface area contributed by atoms with Crippen molar-refractivity contribution in [1.82, 2.24) is 20.6 Å². The maximum atomic E-state index is 13.4. The van der Waals surface area contributed by atoms with Crippen molar-refractivity contribution >= 4 is 34.2 Å². The molecule has 2 aromatic carbocycles. The van der Waals surface area contributed by atoms with Gasteiger partial charge in [-0.25, -0.2) is 9.37 Å². The number of hydrogen-bond donors (Lipinski definition) is 4. The van der Waals surface area contributed by atoms with Gasteiger partial charge in [0.25, 0.3) is 5.91 Å². The lowest BCUT2D eigenvalue weighted by atomic mass is 9.96. The fourth-order valence-corrected chi connectivity index (χ4v) is 4.33. The van der Waals surface area contributed by atoms with E-state index < -0.39 is 34.9 Å². The fraction of sp³-hybridized carbons (Fsp3) is 0.222. The van der Waals surface area contributed by atoms with Gasteiger partial charge in [-0.05, 0) is 48.0 Å². The fourth-order valence-electron chi connectivity index (χ4n) is 4.33. The van der Waals surface area contributed by atoms with Gasteiger partial charge in [-0.3, -0.25) is 9.59 Å². The van der Waals surface area contributed by atoms with E-state index in [1.165, 1.54) is 6.20 Å². The number of rotatable bonds is 7. The summed E-state index contributed by atoms with van der Waals surface area (Å²) in [7, 11) is 0. The lowest BCUT2D eigenvalue weighted by Gasteiger charge is -2.27. The normalized spacial score (nSPS) is 17.2. The molecule has 1 fully saturated rings. The molecule has 8 nitrogen and oxygen atoms in total. The van der Waals surface area contributed by atoms with E-state index in [1.807, 2.05) is 0 Å². The van der Waals surface area contributed by atoms with Gasteiger partial charge >= 0.3 is 6.18 Å². The van der Waals surface area contributed by atoms with E-state index in [2.05, 4.69) is 25.9 Å². The number of carbonyl (C=O) groups excluding carboxylic acids is 2. The molecule has 2 aromatic heterocycles. The van der Waals surface area contributed by atoms with Gasteiger partial charge in [0.1, 0.15) is 17.0 Å². The second kappa shape index (κ2) is 10.4. The van der Waals surface area contributed by atoms with Gasteiger partial charge in [0.05, 0.1) is 23.4 Å². The van der Waals surface area contributed by atoms with Crippen LogP contribution < -0.4 is 16.0 Å². The molecule has 202 valence electrons. The minimum absolute atomic E-state index is 0.00642. The molecule has 0 bridgehead atoms. The summed E-state index contributed by atoms with van der Waals surface area (Å²) >= 11 is 0. The Morgan fingerprint density at radius 3 is 2.59 bits per heavy atom. The summed E-state index contributed by atoms with van der Waals surface area (Å²) in [5.41, 5.74) is -0.692. The number of ether oxygens (including phenoxy) is 1. The Balaban J connectivity index is 1.23. The van der Waals surface area contributed by atoms with Crippen LogP contribution in [0.3, 0.4) is 0 Å². The zero-order valence-electron chi connectivity index (χ0n) is 20.4. The van der Waals surface area contributed by atoms with Gasteiger partial charge in [0.2, 0.25) is 5.91 Å². The van der Waals surface area contributed by atoms with Crippen molar-refractivity contribution in [3.63, 3.8) is 0 Å². The third kappa shape index (κ3) is 5.70. The molecular formula is C27H23F4N5O3. The molecule has 5 rings (SSSR count). The van der Waals surface area contributed by atoms with Crippen LogP contribution >= 0.6 is 0 Å². The van der Waals surface area contributed by atoms with Crippen molar-refractivity contribution in [3.8, 4) is 0 Å². The molecule has 1 unspecified atom stereocenters. The molecule has 4 N–H and O–H groups in total. The Morgan fingerprint density at radius 1 is 1.08 bits per heavy atom. The maximum Gasteiger partial charge on any atom is 0.418 e. The quantitative estimate of drug-likeness (QED) is 0.255. The van der Waals surface area contributed by atoms with E-state index in [1.54, 1.807) is 42.6 Å². The molecule has 0 aliphatic carbocycles. The average Bonchev–Trinajstić information content (AvgIpc) is 3.58. The number of aromatic nitrogens is 2. The van der Waals surface area contributed by atoms with Gasteiger partial charge in [0, 0.05) is 43.0 Å². The van der Waals surface area contributed by atoms with Crippen molar-refractivity contribution in [2.24, 2.45) is 0 Å². The number of benzene rings is 2. The zero-order valence-corrected chi connectivity index (χ0v) is 20.4. The molecule has 1 aliphatic rings. The minimum atomic E-state index is -4.73. The molecule has 1 aliphatic heterocycles. The Morgan fingerprint density at radius 2 is 1.87 bits per heavy atom. The van der Waals surface area contributed by atoms with Gasteiger partial charge in [-0.2, -0.15) is 13.2 Å². The van der Waals surface area contributed by atoms with Crippen LogP contribution in [0.1, 0.15) is 27.9 Å². The molecule has 2 amide bonds. The highest BCUT2D eigenvalue weighted by Gasteiger charge is 2.43. The Kier molecular flexibility index (Phi) is 6.96. The van der Waals surface area contributed by atoms with Crippen LogP contribution in [0.25, 0.3) is 11.0 Å². The summed E-state index contributed by atoms with van der Waals surface area (Å²) in [6.07, 6.45) is -1.30. The van der Waals surface area contributed by atoms with E-state index in [0.29, 0.717) is 35.1 Å². The van der Waals surface area contributed by atoms with Crippen LogP contribution in [0.5, 0.6) is 0 Å². The highest BCUT2D eigenvalue weighted by atomic mass is 19.4. The summed E-state index contributed by atoms with van der Waals surface area (Å²) in [4.78, 5) is 33.3. The second-order valence-electron chi connectivity index (χ2n) is 9.17. The van der Waals surface area contributed by atoms with Gasteiger partial charge in [0.15, 0.2) is 0 Å². The van der Waals surface area contributed by atoms with Crippen LogP contribution in [-0.4, -0.2) is 40.5 Å². The number of amides is 2. The number of alkyl halides is 3. The zero-order chi connectivity index (χ0) is 27.6. The number of nitrogens with one attached hydrogen (secondary N) is 4. The molecule has 12 heteroatoms. The Labute approximate surface area is 219 Å². The monoisotopic (exact) mass is 541 g/mol. The van der Waals surface area contributed by atoms with E-state index in [0.717, 1.165) is 17.5 Å². The predicted molar refractivity (Wildman–Crippen MR) is 135 cm³/mol. The lowest BCUT2D eigenvalue weighted by molar-refractivity contribution is -0.137. The first-order valence-corrected chi connectivity index (χ1v) is 12.0. The summed E-state index contributed by atoms with van der Waals surface area (Å²) in [6, 6.07) is 12.2. The average molecular weight is 542 g/mol. The number of nitrogens with zero attached hydrogens (tertiary/aromatic N) is 1. The van der Waals surface area contributed by atoms with Gasteiger partial charge < -0.3 is 25.7 Å². The number of fused-ring (bicyclic) bond motifs is 1. The number of aromatic amines is 1. The number of pyridine rings is 1. The molecule has 0 saturated carbocycles. The summed E-state index contributed by atoms with van der Waals surface area (Å²) in [6.45, 7) is 0.414. The Hall–Kier alpha value is -4.45. The van der Waals surface area contributed by atoms with E-state index >= 15 is 0 Å². The van der Waals surface area contributed by atoms with Crippen LogP contribution in [0.15, 0.2) is 67.0 Å². The number of anilines is 2.